The molecule has 0 amide bonds. The molecule has 0 spiro atoms. The van der Waals surface area contributed by atoms with E-state index in [0.717, 1.165) is 11.6 Å². The summed E-state index contributed by atoms with van der Waals surface area (Å²) in [7, 11) is 1.81. The van der Waals surface area contributed by atoms with Gasteiger partial charge >= 0.3 is 6.18 Å². The molecule has 1 N–H and O–H groups in total. The molecule has 0 heterocycles. The van der Waals surface area contributed by atoms with Gasteiger partial charge in [0.25, 0.3) is 0 Å². The number of hydrogen-bond donors (Lipinski definition) is 1. The van der Waals surface area contributed by atoms with Crippen molar-refractivity contribution in [1.82, 2.24) is 5.32 Å². The maximum absolute atomic E-state index is 12.5. The molecule has 0 unspecified atom stereocenters. The molecule has 1 aromatic carbocycles. The van der Waals surface area contributed by atoms with Crippen LogP contribution in [0.15, 0.2) is 18.2 Å². The number of hydrogen-bond acceptors (Lipinski definition) is 1. The minimum absolute atomic E-state index is 0.178. The SMILES string of the molecule is CNC(C)(C)Cc1ccc(C(F)(F)F)c(Cl)c1. The van der Waals surface area contributed by atoms with Crippen molar-refractivity contribution in [3.8, 4) is 0 Å². The normalized spacial score (nSPS) is 12.9. The first-order valence-electron chi connectivity index (χ1n) is 5.20. The predicted molar refractivity (Wildman–Crippen MR) is 63.3 cm³/mol. The number of rotatable bonds is 3. The fourth-order valence-electron chi connectivity index (χ4n) is 1.50. The highest BCUT2D eigenvalue weighted by Crippen LogP contribution is 2.35. The van der Waals surface area contributed by atoms with E-state index in [-0.39, 0.29) is 10.6 Å². The molecule has 0 saturated heterocycles. The molecule has 0 aliphatic carbocycles. The van der Waals surface area contributed by atoms with E-state index in [0.29, 0.717) is 6.42 Å². The monoisotopic (exact) mass is 265 g/mol. The van der Waals surface area contributed by atoms with Gasteiger partial charge in [-0.25, -0.2) is 0 Å². The molecule has 5 heteroatoms. The van der Waals surface area contributed by atoms with Gasteiger partial charge in [-0.3, -0.25) is 0 Å². The van der Waals surface area contributed by atoms with E-state index in [2.05, 4.69) is 5.32 Å². The summed E-state index contributed by atoms with van der Waals surface area (Å²) in [6, 6.07) is 3.88. The second-order valence-electron chi connectivity index (χ2n) is 4.62. The summed E-state index contributed by atoms with van der Waals surface area (Å²) in [4.78, 5) is 0. The number of likely N-dealkylation sites (N-methyl/N-ethyl adjacent to an activating group) is 1. The summed E-state index contributed by atoms with van der Waals surface area (Å²) < 4.78 is 37.5. The highest BCUT2D eigenvalue weighted by molar-refractivity contribution is 6.31. The summed E-state index contributed by atoms with van der Waals surface area (Å²) in [6.45, 7) is 3.94. The first-order valence-corrected chi connectivity index (χ1v) is 5.58. The van der Waals surface area contributed by atoms with Crippen LogP contribution >= 0.6 is 11.6 Å². The Hall–Kier alpha value is -0.740. The van der Waals surface area contributed by atoms with Gasteiger partial charge in [-0.15, -0.1) is 0 Å². The van der Waals surface area contributed by atoms with Crippen LogP contribution in [0.4, 0.5) is 13.2 Å². The minimum atomic E-state index is -4.39. The Morgan fingerprint density at radius 1 is 1.24 bits per heavy atom. The molecule has 0 aliphatic heterocycles. The lowest BCUT2D eigenvalue weighted by Crippen LogP contribution is -2.38. The van der Waals surface area contributed by atoms with Gasteiger partial charge in [0.15, 0.2) is 0 Å². The maximum atomic E-state index is 12.5. The van der Waals surface area contributed by atoms with Gasteiger partial charge in [0.2, 0.25) is 0 Å². The average Bonchev–Trinajstić information content (AvgIpc) is 2.15. The standard InChI is InChI=1S/C12H15ClF3N/c1-11(2,17-3)7-8-4-5-9(10(13)6-8)12(14,15)16/h4-6,17H,7H2,1-3H3. The molecule has 1 rings (SSSR count). The molecule has 0 radical (unpaired) electrons. The average molecular weight is 266 g/mol. The van der Waals surface area contributed by atoms with Gasteiger partial charge in [-0.2, -0.15) is 13.2 Å². The maximum Gasteiger partial charge on any atom is 0.417 e. The van der Waals surface area contributed by atoms with Crippen molar-refractivity contribution in [2.45, 2.75) is 32.0 Å². The second kappa shape index (κ2) is 4.86. The number of alkyl halides is 3. The van der Waals surface area contributed by atoms with Crippen molar-refractivity contribution in [3.05, 3.63) is 34.3 Å². The van der Waals surface area contributed by atoms with Gasteiger partial charge < -0.3 is 5.32 Å². The summed E-state index contributed by atoms with van der Waals surface area (Å²) in [5.41, 5.74) is -0.184. The largest absolute Gasteiger partial charge is 0.417 e. The van der Waals surface area contributed by atoms with Crippen LogP contribution < -0.4 is 5.32 Å². The number of nitrogens with one attached hydrogen (secondary N) is 1. The van der Waals surface area contributed by atoms with Crippen LogP contribution in [0.5, 0.6) is 0 Å². The molecule has 17 heavy (non-hydrogen) atoms. The third-order valence-electron chi connectivity index (χ3n) is 2.66. The number of benzene rings is 1. The molecule has 0 saturated carbocycles. The van der Waals surface area contributed by atoms with Crippen LogP contribution in [-0.4, -0.2) is 12.6 Å². The number of halogens is 4. The van der Waals surface area contributed by atoms with Gasteiger partial charge in [0.1, 0.15) is 0 Å². The Bertz CT molecular complexity index is 399. The van der Waals surface area contributed by atoms with Gasteiger partial charge in [-0.1, -0.05) is 17.7 Å². The van der Waals surface area contributed by atoms with E-state index in [1.165, 1.54) is 12.1 Å². The van der Waals surface area contributed by atoms with Crippen LogP contribution in [0.1, 0.15) is 25.0 Å². The quantitative estimate of drug-likeness (QED) is 0.874. The zero-order valence-corrected chi connectivity index (χ0v) is 10.7. The molecule has 0 aliphatic rings. The molecule has 96 valence electrons. The summed E-state index contributed by atoms with van der Waals surface area (Å²) in [5.74, 6) is 0. The fourth-order valence-corrected chi connectivity index (χ4v) is 1.81. The van der Waals surface area contributed by atoms with Crippen LogP contribution in [0.25, 0.3) is 0 Å². The van der Waals surface area contributed by atoms with Crippen molar-refractivity contribution in [1.29, 1.82) is 0 Å². The van der Waals surface area contributed by atoms with Gasteiger partial charge in [0.05, 0.1) is 10.6 Å². The van der Waals surface area contributed by atoms with Crippen molar-refractivity contribution < 1.29 is 13.2 Å². The van der Waals surface area contributed by atoms with Gasteiger partial charge in [0, 0.05) is 5.54 Å². The first-order chi connectivity index (χ1) is 7.65. The Morgan fingerprint density at radius 3 is 2.24 bits per heavy atom. The molecule has 0 bridgehead atoms. The smallest absolute Gasteiger partial charge is 0.314 e. The lowest BCUT2D eigenvalue weighted by Gasteiger charge is -2.24. The van der Waals surface area contributed by atoms with Crippen molar-refractivity contribution >= 4 is 11.6 Å². The Balaban J connectivity index is 2.98. The van der Waals surface area contributed by atoms with Gasteiger partial charge in [-0.05, 0) is 45.0 Å². The highest BCUT2D eigenvalue weighted by Gasteiger charge is 2.33. The van der Waals surface area contributed by atoms with E-state index >= 15 is 0 Å². The first kappa shape index (κ1) is 14.3. The second-order valence-corrected chi connectivity index (χ2v) is 5.03. The van der Waals surface area contributed by atoms with E-state index in [1.807, 2.05) is 20.9 Å². The van der Waals surface area contributed by atoms with E-state index in [4.69, 9.17) is 11.6 Å². The molecule has 0 aromatic heterocycles. The molecular formula is C12H15ClF3N. The zero-order chi connectivity index (χ0) is 13.3. The van der Waals surface area contributed by atoms with Crippen LogP contribution in [0, 0.1) is 0 Å². The zero-order valence-electron chi connectivity index (χ0n) is 9.95. The van der Waals surface area contributed by atoms with Crippen LogP contribution in [0.3, 0.4) is 0 Å². The lowest BCUT2D eigenvalue weighted by molar-refractivity contribution is -0.137. The molecule has 1 aromatic rings. The summed E-state index contributed by atoms with van der Waals surface area (Å²) >= 11 is 5.65. The Kier molecular flexibility index (Phi) is 4.10. The van der Waals surface area contributed by atoms with Crippen LogP contribution in [0.2, 0.25) is 5.02 Å². The van der Waals surface area contributed by atoms with Crippen LogP contribution in [-0.2, 0) is 12.6 Å². The van der Waals surface area contributed by atoms with E-state index < -0.39 is 11.7 Å². The third kappa shape index (κ3) is 3.89. The fraction of sp³-hybridized carbons (Fsp3) is 0.500. The third-order valence-corrected chi connectivity index (χ3v) is 2.97. The Morgan fingerprint density at radius 2 is 1.82 bits per heavy atom. The Labute approximate surface area is 104 Å². The molecule has 0 fully saturated rings. The van der Waals surface area contributed by atoms with E-state index in [9.17, 15) is 13.2 Å². The topological polar surface area (TPSA) is 12.0 Å². The molecule has 0 atom stereocenters. The highest BCUT2D eigenvalue weighted by atomic mass is 35.5. The molecular weight excluding hydrogens is 251 g/mol. The van der Waals surface area contributed by atoms with Crippen molar-refractivity contribution in [2.24, 2.45) is 0 Å². The summed E-state index contributed by atoms with van der Waals surface area (Å²) in [6.07, 6.45) is -3.78. The van der Waals surface area contributed by atoms with E-state index in [1.54, 1.807) is 0 Å². The van der Waals surface area contributed by atoms with Crippen molar-refractivity contribution in [3.63, 3.8) is 0 Å². The van der Waals surface area contributed by atoms with Crippen molar-refractivity contribution in [2.75, 3.05) is 7.05 Å². The summed E-state index contributed by atoms with van der Waals surface area (Å²) in [5, 5.41) is 2.84. The lowest BCUT2D eigenvalue weighted by atomic mass is 9.94. The molecule has 1 nitrogen and oxygen atoms in total. The predicted octanol–water partition coefficient (Wildman–Crippen LogP) is 3.90. The minimum Gasteiger partial charge on any atom is -0.314 e.